The van der Waals surface area contributed by atoms with Crippen LogP contribution in [0.15, 0.2) is 36.5 Å². The molecule has 1 atom stereocenters. The van der Waals surface area contributed by atoms with Crippen molar-refractivity contribution in [3.63, 3.8) is 0 Å². The molecule has 1 aromatic carbocycles. The molecule has 15 heavy (non-hydrogen) atoms. The first-order valence-electron chi connectivity index (χ1n) is 4.35. The van der Waals surface area contributed by atoms with Crippen LogP contribution in [-0.4, -0.2) is 11.1 Å². The lowest BCUT2D eigenvalue weighted by Gasteiger charge is -2.22. The van der Waals surface area contributed by atoms with Crippen LogP contribution >= 0.6 is 11.6 Å². The first kappa shape index (κ1) is 10.0. The summed E-state index contributed by atoms with van der Waals surface area (Å²) in [4.78, 5) is 11.2. The smallest absolute Gasteiger partial charge is 0.334 e. The predicted octanol–water partition coefficient (Wildman–Crippen LogP) is 1.24. The number of benzene rings is 1. The molecule has 1 aliphatic rings. The average Bonchev–Trinajstić information content (AvgIpc) is 2.69. The summed E-state index contributed by atoms with van der Waals surface area (Å²) in [5, 5.41) is 9.78. The Bertz CT molecular complexity index is 416. The van der Waals surface area contributed by atoms with Crippen LogP contribution in [0.5, 0.6) is 0 Å². The second kappa shape index (κ2) is 3.56. The number of nitrogens with one attached hydrogen (secondary N) is 2. The molecule has 0 spiro atoms. The van der Waals surface area contributed by atoms with Crippen molar-refractivity contribution in [2.75, 3.05) is 0 Å². The minimum Gasteiger partial charge on any atom is -0.479 e. The number of rotatable bonds is 2. The highest BCUT2D eigenvalue weighted by Gasteiger charge is 2.40. The van der Waals surface area contributed by atoms with Crippen LogP contribution < -0.4 is 10.9 Å². The van der Waals surface area contributed by atoms with Gasteiger partial charge in [-0.3, -0.25) is 0 Å². The third-order valence-electron chi connectivity index (χ3n) is 2.32. The van der Waals surface area contributed by atoms with E-state index in [1.165, 1.54) is 0 Å². The van der Waals surface area contributed by atoms with E-state index in [0.29, 0.717) is 10.6 Å². The highest BCUT2D eigenvalue weighted by molar-refractivity contribution is 6.30. The van der Waals surface area contributed by atoms with Crippen molar-refractivity contribution in [1.29, 1.82) is 0 Å². The van der Waals surface area contributed by atoms with E-state index in [4.69, 9.17) is 11.6 Å². The number of carbonyl (C=O) groups is 1. The zero-order valence-electron chi connectivity index (χ0n) is 7.70. The predicted molar refractivity (Wildman–Crippen MR) is 56.2 cm³/mol. The van der Waals surface area contributed by atoms with Crippen LogP contribution in [0, 0.1) is 0 Å². The molecule has 0 aliphatic carbocycles. The summed E-state index contributed by atoms with van der Waals surface area (Å²) in [5.41, 5.74) is 4.79. The van der Waals surface area contributed by atoms with E-state index in [1.807, 2.05) is 0 Å². The molecule has 0 amide bonds. The molecule has 0 saturated carbocycles. The molecule has 3 N–H and O–H groups in total. The van der Waals surface area contributed by atoms with Gasteiger partial charge in [-0.25, -0.2) is 10.2 Å². The summed E-state index contributed by atoms with van der Waals surface area (Å²) in [7, 11) is 0. The van der Waals surface area contributed by atoms with Gasteiger partial charge in [0.25, 0.3) is 0 Å². The molecular formula is C10H9ClN2O2. The lowest BCUT2D eigenvalue weighted by molar-refractivity contribution is -0.143. The summed E-state index contributed by atoms with van der Waals surface area (Å²) in [6, 6.07) is 6.69. The Morgan fingerprint density at radius 2 is 2.00 bits per heavy atom. The van der Waals surface area contributed by atoms with Crippen molar-refractivity contribution in [3.8, 4) is 0 Å². The first-order valence-corrected chi connectivity index (χ1v) is 4.73. The Hall–Kier alpha value is -1.52. The SMILES string of the molecule is O=C(O)C1(c2ccc(Cl)cc2)C=CNN1. The van der Waals surface area contributed by atoms with Gasteiger partial charge in [0.2, 0.25) is 0 Å². The molecular weight excluding hydrogens is 216 g/mol. The molecule has 0 fully saturated rings. The Morgan fingerprint density at radius 3 is 2.47 bits per heavy atom. The number of carboxylic acid groups (broad SMARTS) is 1. The summed E-state index contributed by atoms with van der Waals surface area (Å²) in [6.45, 7) is 0. The molecule has 0 bridgehead atoms. The lowest BCUT2D eigenvalue weighted by atomic mass is 9.91. The third kappa shape index (κ3) is 1.58. The van der Waals surface area contributed by atoms with Crippen molar-refractivity contribution in [3.05, 3.63) is 47.1 Å². The molecule has 1 unspecified atom stereocenters. The highest BCUT2D eigenvalue weighted by atomic mass is 35.5. The van der Waals surface area contributed by atoms with Crippen LogP contribution in [0.1, 0.15) is 5.56 Å². The van der Waals surface area contributed by atoms with E-state index in [0.717, 1.165) is 0 Å². The van der Waals surface area contributed by atoms with E-state index in [1.54, 1.807) is 36.5 Å². The van der Waals surface area contributed by atoms with Crippen molar-refractivity contribution >= 4 is 17.6 Å². The average molecular weight is 225 g/mol. The fraction of sp³-hybridized carbons (Fsp3) is 0.100. The molecule has 1 aromatic rings. The topological polar surface area (TPSA) is 61.4 Å². The van der Waals surface area contributed by atoms with Gasteiger partial charge in [0, 0.05) is 11.2 Å². The van der Waals surface area contributed by atoms with Gasteiger partial charge in [-0.2, -0.15) is 0 Å². The van der Waals surface area contributed by atoms with Crippen LogP contribution in [0.2, 0.25) is 5.02 Å². The van der Waals surface area contributed by atoms with Gasteiger partial charge in [0.1, 0.15) is 0 Å². The Balaban J connectivity index is 2.46. The number of aliphatic carboxylic acids is 1. The monoisotopic (exact) mass is 224 g/mol. The van der Waals surface area contributed by atoms with E-state index in [9.17, 15) is 9.90 Å². The summed E-state index contributed by atoms with van der Waals surface area (Å²) < 4.78 is 0. The van der Waals surface area contributed by atoms with Gasteiger partial charge in [-0.1, -0.05) is 23.7 Å². The van der Waals surface area contributed by atoms with Gasteiger partial charge in [-0.15, -0.1) is 0 Å². The quantitative estimate of drug-likeness (QED) is 0.708. The fourth-order valence-electron chi connectivity index (χ4n) is 1.49. The first-order chi connectivity index (χ1) is 7.15. The molecule has 0 saturated heterocycles. The molecule has 0 aromatic heterocycles. The Kier molecular flexibility index (Phi) is 2.38. The number of hydrogen-bond donors (Lipinski definition) is 3. The van der Waals surface area contributed by atoms with E-state index < -0.39 is 11.5 Å². The zero-order chi connectivity index (χ0) is 10.9. The number of hydrazine groups is 1. The number of carboxylic acids is 1. The Labute approximate surface area is 91.5 Å². The molecule has 2 rings (SSSR count). The van der Waals surface area contributed by atoms with Crippen LogP contribution in [0.4, 0.5) is 0 Å². The molecule has 0 radical (unpaired) electrons. The minimum absolute atomic E-state index is 0.578. The van der Waals surface area contributed by atoms with Crippen molar-refractivity contribution < 1.29 is 9.90 Å². The van der Waals surface area contributed by atoms with Crippen LogP contribution in [0.25, 0.3) is 0 Å². The summed E-state index contributed by atoms with van der Waals surface area (Å²) in [6.07, 6.45) is 3.11. The van der Waals surface area contributed by atoms with E-state index >= 15 is 0 Å². The molecule has 1 heterocycles. The number of hydrogen-bond acceptors (Lipinski definition) is 3. The third-order valence-corrected chi connectivity index (χ3v) is 2.57. The summed E-state index contributed by atoms with van der Waals surface area (Å²) in [5.74, 6) is -0.967. The molecule has 4 nitrogen and oxygen atoms in total. The van der Waals surface area contributed by atoms with Crippen LogP contribution in [0.3, 0.4) is 0 Å². The number of halogens is 1. The van der Waals surface area contributed by atoms with Crippen LogP contribution in [-0.2, 0) is 10.3 Å². The molecule has 1 aliphatic heterocycles. The largest absolute Gasteiger partial charge is 0.479 e. The van der Waals surface area contributed by atoms with E-state index in [2.05, 4.69) is 10.9 Å². The summed E-state index contributed by atoms with van der Waals surface area (Å²) >= 11 is 5.74. The zero-order valence-corrected chi connectivity index (χ0v) is 8.45. The maximum atomic E-state index is 11.2. The van der Waals surface area contributed by atoms with Crippen molar-refractivity contribution in [2.24, 2.45) is 0 Å². The highest BCUT2D eigenvalue weighted by Crippen LogP contribution is 2.26. The molecule has 5 heteroatoms. The van der Waals surface area contributed by atoms with Crippen molar-refractivity contribution in [1.82, 2.24) is 10.9 Å². The Morgan fingerprint density at radius 1 is 1.33 bits per heavy atom. The lowest BCUT2D eigenvalue weighted by Crippen LogP contribution is -2.48. The maximum absolute atomic E-state index is 11.2. The molecule has 78 valence electrons. The van der Waals surface area contributed by atoms with Gasteiger partial charge in [0.05, 0.1) is 0 Å². The van der Waals surface area contributed by atoms with E-state index in [-0.39, 0.29) is 0 Å². The second-order valence-electron chi connectivity index (χ2n) is 3.22. The van der Waals surface area contributed by atoms with Gasteiger partial charge in [-0.05, 0) is 23.8 Å². The van der Waals surface area contributed by atoms with Gasteiger partial charge in [0.15, 0.2) is 5.54 Å². The second-order valence-corrected chi connectivity index (χ2v) is 3.66. The minimum atomic E-state index is -1.20. The standard InChI is InChI=1S/C10H9ClN2O2/c11-8-3-1-7(2-4-8)10(9(14)15)5-6-12-13-10/h1-6,12-13H,(H,14,15). The van der Waals surface area contributed by atoms with Crippen molar-refractivity contribution in [2.45, 2.75) is 5.54 Å². The van der Waals surface area contributed by atoms with Gasteiger partial charge < -0.3 is 10.5 Å². The fourth-order valence-corrected chi connectivity index (χ4v) is 1.62. The normalized spacial score (nSPS) is 23.8. The van der Waals surface area contributed by atoms with Gasteiger partial charge >= 0.3 is 5.97 Å². The maximum Gasteiger partial charge on any atom is 0.334 e.